The Morgan fingerprint density at radius 2 is 2.25 bits per heavy atom. The van der Waals surface area contributed by atoms with Crippen LogP contribution in [0.25, 0.3) is 0 Å². The van der Waals surface area contributed by atoms with Crippen LogP contribution in [0.3, 0.4) is 0 Å². The topological polar surface area (TPSA) is 69.7 Å². The van der Waals surface area contributed by atoms with E-state index in [1.165, 1.54) is 0 Å². The van der Waals surface area contributed by atoms with E-state index in [9.17, 15) is 14.4 Å². The molecule has 1 aliphatic heterocycles. The van der Waals surface area contributed by atoms with Crippen LogP contribution < -0.4 is 0 Å². The summed E-state index contributed by atoms with van der Waals surface area (Å²) in [4.78, 5) is 31.4. The molecule has 0 aromatic heterocycles. The molecule has 5 nitrogen and oxygen atoms in total. The van der Waals surface area contributed by atoms with E-state index in [0.717, 1.165) is 13.0 Å². The number of ketones is 1. The van der Waals surface area contributed by atoms with Gasteiger partial charge in [0.2, 0.25) is 5.78 Å². The molecular weight excluding hydrogens is 164 g/mol. The zero-order valence-corrected chi connectivity index (χ0v) is 6.33. The lowest BCUT2D eigenvalue weighted by Crippen LogP contribution is -2.13. The van der Waals surface area contributed by atoms with E-state index in [2.05, 4.69) is 9.47 Å². The Bertz CT molecular complexity index is 276. The van der Waals surface area contributed by atoms with Crippen molar-refractivity contribution in [1.29, 1.82) is 0 Å². The molecule has 0 saturated carbocycles. The van der Waals surface area contributed by atoms with Crippen LogP contribution in [0.4, 0.5) is 0 Å². The molecule has 1 heterocycles. The molecule has 0 spiro atoms. The smallest absolute Gasteiger partial charge is 0.379 e. The first kappa shape index (κ1) is 8.45. The normalized spacial score (nSPS) is 15.1. The molecule has 0 radical (unpaired) electrons. The second kappa shape index (κ2) is 3.17. The van der Waals surface area contributed by atoms with E-state index in [-0.39, 0.29) is 12.4 Å². The third kappa shape index (κ3) is 1.91. The molecule has 0 bridgehead atoms. The second-order valence-corrected chi connectivity index (χ2v) is 2.16. The minimum atomic E-state index is -0.987. The number of ether oxygens (including phenoxy) is 2. The molecule has 0 unspecified atom stereocenters. The van der Waals surface area contributed by atoms with Crippen LogP contribution in [0, 0.1) is 0 Å². The fourth-order valence-corrected chi connectivity index (χ4v) is 0.607. The predicted octanol–water partition coefficient (Wildman–Crippen LogP) is -0.441. The average molecular weight is 170 g/mol. The summed E-state index contributed by atoms with van der Waals surface area (Å²) in [6.07, 6.45) is 1.03. The van der Waals surface area contributed by atoms with Gasteiger partial charge in [-0.1, -0.05) is 0 Å². The monoisotopic (exact) mass is 170 g/mol. The van der Waals surface area contributed by atoms with Crippen LogP contribution in [0.15, 0.2) is 11.8 Å². The second-order valence-electron chi connectivity index (χ2n) is 2.16. The molecule has 0 atom stereocenters. The minimum Gasteiger partial charge on any atom is -0.454 e. The van der Waals surface area contributed by atoms with Gasteiger partial charge in [-0.05, 0) is 0 Å². The molecule has 0 fully saturated rings. The lowest BCUT2D eigenvalue weighted by atomic mass is 10.4. The number of Topliss-reactive ketones (excluding diaryl/α,β-unsaturated/α-hetero) is 1. The molecule has 0 saturated heterocycles. The Kier molecular flexibility index (Phi) is 2.23. The van der Waals surface area contributed by atoms with E-state index in [4.69, 9.17) is 0 Å². The number of cyclic esters (lactones) is 1. The highest BCUT2D eigenvalue weighted by molar-refractivity contribution is 6.32. The Hall–Kier alpha value is -1.65. The van der Waals surface area contributed by atoms with Gasteiger partial charge in [0.15, 0.2) is 5.76 Å². The number of hydrogen-bond acceptors (Lipinski definition) is 5. The van der Waals surface area contributed by atoms with Crippen molar-refractivity contribution in [2.75, 3.05) is 6.61 Å². The van der Waals surface area contributed by atoms with Crippen molar-refractivity contribution in [2.24, 2.45) is 0 Å². The number of carbonyl (C=O) groups is 3. The highest BCUT2D eigenvalue weighted by Crippen LogP contribution is 2.07. The first-order valence-electron chi connectivity index (χ1n) is 3.19. The van der Waals surface area contributed by atoms with Gasteiger partial charge < -0.3 is 9.47 Å². The molecular formula is C7H6O5. The molecule has 64 valence electrons. The van der Waals surface area contributed by atoms with E-state index in [1.807, 2.05) is 0 Å². The van der Waals surface area contributed by atoms with Crippen LogP contribution in [-0.4, -0.2) is 24.3 Å². The number of esters is 2. The standard InChI is InChI=1S/C7H6O5/c1-4(8)7(10)12-5-2-6(9)11-3-5/h2H,3H2,1H3. The van der Waals surface area contributed by atoms with Crippen molar-refractivity contribution < 1.29 is 23.9 Å². The maximum absolute atomic E-state index is 10.6. The zero-order valence-electron chi connectivity index (χ0n) is 6.33. The summed E-state index contributed by atoms with van der Waals surface area (Å²) in [6.45, 7) is 0.998. The van der Waals surface area contributed by atoms with E-state index >= 15 is 0 Å². The Morgan fingerprint density at radius 3 is 2.67 bits per heavy atom. The van der Waals surface area contributed by atoms with Crippen molar-refractivity contribution in [3.05, 3.63) is 11.8 Å². The molecule has 0 aromatic carbocycles. The summed E-state index contributed by atoms with van der Waals surface area (Å²) in [6, 6.07) is 0. The quantitative estimate of drug-likeness (QED) is 0.415. The van der Waals surface area contributed by atoms with Gasteiger partial charge >= 0.3 is 11.9 Å². The first-order chi connectivity index (χ1) is 5.59. The van der Waals surface area contributed by atoms with Gasteiger partial charge in [-0.2, -0.15) is 0 Å². The van der Waals surface area contributed by atoms with Gasteiger partial charge in [0.05, 0.1) is 6.08 Å². The SMILES string of the molecule is CC(=O)C(=O)OC1=CC(=O)OC1. The molecule has 12 heavy (non-hydrogen) atoms. The summed E-state index contributed by atoms with van der Waals surface area (Å²) < 4.78 is 8.90. The minimum absolute atomic E-state index is 0.0696. The van der Waals surface area contributed by atoms with Crippen LogP contribution >= 0.6 is 0 Å². The van der Waals surface area contributed by atoms with Gasteiger partial charge in [-0.15, -0.1) is 0 Å². The Morgan fingerprint density at radius 1 is 1.58 bits per heavy atom. The van der Waals surface area contributed by atoms with E-state index in [1.54, 1.807) is 0 Å². The fourth-order valence-electron chi connectivity index (χ4n) is 0.607. The lowest BCUT2D eigenvalue weighted by Gasteiger charge is -1.98. The average Bonchev–Trinajstić information content (AvgIpc) is 2.35. The van der Waals surface area contributed by atoms with Gasteiger partial charge in [-0.3, -0.25) is 4.79 Å². The van der Waals surface area contributed by atoms with Crippen molar-refractivity contribution in [1.82, 2.24) is 0 Å². The third-order valence-corrected chi connectivity index (χ3v) is 1.15. The number of hydrogen-bond donors (Lipinski definition) is 0. The predicted molar refractivity (Wildman–Crippen MR) is 35.8 cm³/mol. The molecule has 5 heteroatoms. The summed E-state index contributed by atoms with van der Waals surface area (Å²) in [5.74, 6) is -2.20. The molecule has 0 aromatic rings. The maximum atomic E-state index is 10.6. The van der Waals surface area contributed by atoms with Gasteiger partial charge in [-0.25, -0.2) is 9.59 Å². The van der Waals surface area contributed by atoms with Crippen molar-refractivity contribution in [3.63, 3.8) is 0 Å². The van der Waals surface area contributed by atoms with Crippen LogP contribution in [0.2, 0.25) is 0 Å². The molecule has 1 aliphatic rings. The number of rotatable bonds is 2. The first-order valence-corrected chi connectivity index (χ1v) is 3.19. The summed E-state index contributed by atoms with van der Waals surface area (Å²) in [5, 5.41) is 0. The van der Waals surface area contributed by atoms with Crippen LogP contribution in [0.1, 0.15) is 6.92 Å². The Labute approximate surface area is 67.9 Å². The highest BCUT2D eigenvalue weighted by atomic mass is 16.6. The van der Waals surface area contributed by atoms with Gasteiger partial charge in [0, 0.05) is 6.92 Å². The largest absolute Gasteiger partial charge is 0.454 e. The summed E-state index contributed by atoms with van der Waals surface area (Å²) in [7, 11) is 0. The molecule has 0 amide bonds. The van der Waals surface area contributed by atoms with Crippen molar-refractivity contribution in [3.8, 4) is 0 Å². The molecule has 1 rings (SSSR count). The van der Waals surface area contributed by atoms with Gasteiger partial charge in [0.1, 0.15) is 6.61 Å². The van der Waals surface area contributed by atoms with E-state index in [0.29, 0.717) is 0 Å². The summed E-state index contributed by atoms with van der Waals surface area (Å²) in [5.41, 5.74) is 0. The van der Waals surface area contributed by atoms with Crippen LogP contribution in [0.5, 0.6) is 0 Å². The Balaban J connectivity index is 2.53. The van der Waals surface area contributed by atoms with E-state index < -0.39 is 17.7 Å². The summed E-state index contributed by atoms with van der Waals surface area (Å²) >= 11 is 0. The van der Waals surface area contributed by atoms with Crippen molar-refractivity contribution >= 4 is 17.7 Å². The fraction of sp³-hybridized carbons (Fsp3) is 0.286. The lowest BCUT2D eigenvalue weighted by molar-refractivity contribution is -0.150. The van der Waals surface area contributed by atoms with Gasteiger partial charge in [0.25, 0.3) is 0 Å². The highest BCUT2D eigenvalue weighted by Gasteiger charge is 2.19. The van der Waals surface area contributed by atoms with Crippen LogP contribution in [-0.2, 0) is 23.9 Å². The number of carbonyl (C=O) groups excluding carboxylic acids is 3. The molecule has 0 aliphatic carbocycles. The third-order valence-electron chi connectivity index (χ3n) is 1.15. The maximum Gasteiger partial charge on any atom is 0.379 e. The molecule has 0 N–H and O–H groups in total. The zero-order chi connectivity index (χ0) is 9.14. The van der Waals surface area contributed by atoms with Crippen molar-refractivity contribution in [2.45, 2.75) is 6.92 Å².